The number of hydrogen-bond acceptors (Lipinski definition) is 2. The summed E-state index contributed by atoms with van der Waals surface area (Å²) in [5.41, 5.74) is 2.56. The van der Waals surface area contributed by atoms with E-state index in [1.165, 1.54) is 0 Å². The lowest BCUT2D eigenvalue weighted by molar-refractivity contribution is 0.535. The summed E-state index contributed by atoms with van der Waals surface area (Å²) in [5, 5.41) is 1.56. The minimum Gasteiger partial charge on any atom is -0.422 e. The van der Waals surface area contributed by atoms with Crippen LogP contribution in [0.15, 0.2) is 80.4 Å². The Morgan fingerprint density at radius 3 is 2.41 bits per heavy atom. The molecule has 1 aromatic carbocycles. The van der Waals surface area contributed by atoms with Crippen molar-refractivity contribution in [2.75, 3.05) is 0 Å². The Kier molecular flexibility index (Phi) is 3.09. The van der Waals surface area contributed by atoms with E-state index in [1.54, 1.807) is 0 Å². The SMILES string of the molecule is O=c1oc(-c2ccc(Br)cc2)cc2cc3cccccc-3c12. The van der Waals surface area contributed by atoms with Gasteiger partial charge in [-0.25, -0.2) is 4.79 Å². The molecule has 106 valence electrons. The number of benzene rings is 1. The van der Waals surface area contributed by atoms with Gasteiger partial charge in [0.15, 0.2) is 0 Å². The highest BCUT2D eigenvalue weighted by Crippen LogP contribution is 2.33. The standard InChI is InChI=1S/C19H11BrO2/c20-15-8-6-12(7-9-15)17-11-14-10-13-4-2-1-3-5-16(13)18(14)19(21)22-17/h1-11H. The van der Waals surface area contributed by atoms with Gasteiger partial charge in [0.2, 0.25) is 0 Å². The number of fused-ring (bicyclic) bond motifs is 3. The van der Waals surface area contributed by atoms with Gasteiger partial charge in [0.05, 0.1) is 5.39 Å². The van der Waals surface area contributed by atoms with E-state index in [1.807, 2.05) is 66.7 Å². The third kappa shape index (κ3) is 2.14. The zero-order valence-electron chi connectivity index (χ0n) is 11.5. The van der Waals surface area contributed by atoms with Crippen LogP contribution in [0.25, 0.3) is 33.2 Å². The van der Waals surface area contributed by atoms with Crippen molar-refractivity contribution in [2.45, 2.75) is 0 Å². The molecule has 0 radical (unpaired) electrons. The lowest BCUT2D eigenvalue weighted by Gasteiger charge is -2.01. The third-order valence-electron chi connectivity index (χ3n) is 3.76. The van der Waals surface area contributed by atoms with Gasteiger partial charge in [0.25, 0.3) is 0 Å². The summed E-state index contributed by atoms with van der Waals surface area (Å²) in [5.74, 6) is 0.588. The first-order valence-electron chi connectivity index (χ1n) is 6.94. The summed E-state index contributed by atoms with van der Waals surface area (Å²) in [6, 6.07) is 21.5. The zero-order valence-corrected chi connectivity index (χ0v) is 13.1. The minimum absolute atomic E-state index is 0.295. The van der Waals surface area contributed by atoms with Gasteiger partial charge in [-0.15, -0.1) is 0 Å². The second-order valence-corrected chi connectivity index (χ2v) is 6.08. The van der Waals surface area contributed by atoms with Gasteiger partial charge in [-0.1, -0.05) is 58.4 Å². The lowest BCUT2D eigenvalue weighted by Crippen LogP contribution is -1.99. The highest BCUT2D eigenvalue weighted by molar-refractivity contribution is 9.10. The van der Waals surface area contributed by atoms with Crippen LogP contribution in [0.2, 0.25) is 0 Å². The monoisotopic (exact) mass is 350 g/mol. The van der Waals surface area contributed by atoms with Crippen LogP contribution in [0.5, 0.6) is 0 Å². The van der Waals surface area contributed by atoms with Crippen molar-refractivity contribution in [3.05, 3.63) is 81.6 Å². The zero-order chi connectivity index (χ0) is 15.1. The third-order valence-corrected chi connectivity index (χ3v) is 4.29. The molecule has 22 heavy (non-hydrogen) atoms. The Labute approximate surface area is 135 Å². The van der Waals surface area contributed by atoms with Gasteiger partial charge in [-0.05, 0) is 40.8 Å². The topological polar surface area (TPSA) is 30.2 Å². The summed E-state index contributed by atoms with van der Waals surface area (Å²) < 4.78 is 6.53. The molecule has 0 N–H and O–H groups in total. The molecule has 0 amide bonds. The van der Waals surface area contributed by atoms with E-state index in [0.717, 1.165) is 26.5 Å². The molecule has 2 aliphatic rings. The van der Waals surface area contributed by atoms with Gasteiger partial charge in [-0.3, -0.25) is 0 Å². The van der Waals surface area contributed by atoms with Crippen LogP contribution < -0.4 is 5.63 Å². The fraction of sp³-hybridized carbons (Fsp3) is 0. The molecule has 1 heterocycles. The second-order valence-electron chi connectivity index (χ2n) is 5.16. The lowest BCUT2D eigenvalue weighted by atomic mass is 10.1. The predicted octanol–water partition coefficient (Wildman–Crippen LogP) is 5.33. The second kappa shape index (κ2) is 5.11. The maximum atomic E-state index is 12.4. The molecule has 0 spiro atoms. The summed E-state index contributed by atoms with van der Waals surface area (Å²) in [6.07, 6.45) is 0. The van der Waals surface area contributed by atoms with Gasteiger partial charge >= 0.3 is 5.63 Å². The van der Waals surface area contributed by atoms with E-state index < -0.39 is 0 Å². The normalized spacial score (nSPS) is 11.1. The summed E-state index contributed by atoms with van der Waals surface area (Å²) >= 11 is 3.41. The maximum absolute atomic E-state index is 12.4. The molecule has 2 nitrogen and oxygen atoms in total. The van der Waals surface area contributed by atoms with Crippen LogP contribution in [0, 0.1) is 0 Å². The quantitative estimate of drug-likeness (QED) is 0.464. The fourth-order valence-electron chi connectivity index (χ4n) is 2.73. The van der Waals surface area contributed by atoms with Crippen LogP contribution in [0.1, 0.15) is 0 Å². The molecule has 0 atom stereocenters. The van der Waals surface area contributed by atoms with Gasteiger partial charge in [0, 0.05) is 10.0 Å². The highest BCUT2D eigenvalue weighted by Gasteiger charge is 2.14. The Morgan fingerprint density at radius 1 is 0.818 bits per heavy atom. The molecule has 0 fully saturated rings. The Bertz CT molecular complexity index is 1000. The van der Waals surface area contributed by atoms with Gasteiger partial charge < -0.3 is 4.42 Å². The first-order valence-corrected chi connectivity index (χ1v) is 7.73. The molecule has 2 aliphatic carbocycles. The van der Waals surface area contributed by atoms with Crippen molar-refractivity contribution in [3.8, 4) is 22.5 Å². The number of rotatable bonds is 1. The molecule has 3 heteroatoms. The van der Waals surface area contributed by atoms with Crippen LogP contribution in [-0.4, -0.2) is 0 Å². The smallest absolute Gasteiger partial charge is 0.344 e. The van der Waals surface area contributed by atoms with Crippen LogP contribution in [-0.2, 0) is 0 Å². The maximum Gasteiger partial charge on any atom is 0.344 e. The van der Waals surface area contributed by atoms with Gasteiger partial charge in [0.1, 0.15) is 5.76 Å². The Balaban J connectivity index is 2.01. The molecule has 0 saturated heterocycles. The first kappa shape index (κ1) is 13.3. The number of hydrogen-bond donors (Lipinski definition) is 0. The largest absolute Gasteiger partial charge is 0.422 e. The fourth-order valence-corrected chi connectivity index (χ4v) is 2.99. The minimum atomic E-state index is -0.295. The predicted molar refractivity (Wildman–Crippen MR) is 92.2 cm³/mol. The van der Waals surface area contributed by atoms with Crippen molar-refractivity contribution in [2.24, 2.45) is 0 Å². The van der Waals surface area contributed by atoms with E-state index in [0.29, 0.717) is 11.1 Å². The van der Waals surface area contributed by atoms with E-state index in [9.17, 15) is 4.79 Å². The molecular weight excluding hydrogens is 340 g/mol. The molecule has 2 aromatic rings. The van der Waals surface area contributed by atoms with E-state index in [2.05, 4.69) is 15.9 Å². The summed E-state index contributed by atoms with van der Waals surface area (Å²) in [6.45, 7) is 0. The molecule has 0 aliphatic heterocycles. The van der Waals surface area contributed by atoms with E-state index in [4.69, 9.17) is 4.42 Å². The van der Waals surface area contributed by atoms with E-state index >= 15 is 0 Å². The first-order chi connectivity index (χ1) is 10.7. The Hall–Kier alpha value is -2.39. The molecule has 0 bridgehead atoms. The van der Waals surface area contributed by atoms with Crippen molar-refractivity contribution >= 4 is 26.7 Å². The molecule has 0 unspecified atom stereocenters. The van der Waals surface area contributed by atoms with Crippen molar-refractivity contribution in [1.82, 2.24) is 0 Å². The molecule has 4 rings (SSSR count). The molecule has 0 saturated carbocycles. The van der Waals surface area contributed by atoms with Crippen molar-refractivity contribution < 1.29 is 4.42 Å². The molecule has 1 aromatic heterocycles. The van der Waals surface area contributed by atoms with Gasteiger partial charge in [-0.2, -0.15) is 0 Å². The van der Waals surface area contributed by atoms with Crippen molar-refractivity contribution in [1.29, 1.82) is 0 Å². The van der Waals surface area contributed by atoms with Crippen molar-refractivity contribution in [3.63, 3.8) is 0 Å². The van der Waals surface area contributed by atoms with E-state index in [-0.39, 0.29) is 5.63 Å². The van der Waals surface area contributed by atoms with Crippen LogP contribution >= 0.6 is 15.9 Å². The summed E-state index contributed by atoms with van der Waals surface area (Å²) in [7, 11) is 0. The summed E-state index contributed by atoms with van der Waals surface area (Å²) in [4.78, 5) is 12.4. The average Bonchev–Trinajstić information content (AvgIpc) is 2.70. The Morgan fingerprint density at radius 2 is 1.59 bits per heavy atom. The average molecular weight is 351 g/mol. The van der Waals surface area contributed by atoms with Crippen LogP contribution in [0.3, 0.4) is 0 Å². The highest BCUT2D eigenvalue weighted by atomic mass is 79.9. The molecular formula is C19H11BrO2. The van der Waals surface area contributed by atoms with Crippen LogP contribution in [0.4, 0.5) is 0 Å². The number of halogens is 1.